The third kappa shape index (κ3) is 4.50. The number of esters is 1. The Balaban J connectivity index is 2.75. The lowest BCUT2D eigenvalue weighted by Gasteiger charge is -2.05. The van der Waals surface area contributed by atoms with Crippen molar-refractivity contribution in [1.29, 1.82) is 0 Å². The van der Waals surface area contributed by atoms with Gasteiger partial charge in [0, 0.05) is 6.42 Å². The normalized spacial score (nSPS) is 11.7. The lowest BCUT2D eigenvalue weighted by atomic mass is 10.0. The minimum Gasteiger partial charge on any atom is -0.510 e. The van der Waals surface area contributed by atoms with Crippen molar-refractivity contribution in [2.45, 2.75) is 33.1 Å². The van der Waals surface area contributed by atoms with E-state index in [1.54, 1.807) is 6.92 Å². The molecule has 0 aromatic heterocycles. The average Bonchev–Trinajstić information content (AvgIpc) is 2.46. The smallest absolute Gasteiger partial charge is 0.364 e. The first-order chi connectivity index (χ1) is 9.62. The van der Waals surface area contributed by atoms with E-state index in [1.807, 2.05) is 24.3 Å². The second-order valence-electron chi connectivity index (χ2n) is 4.28. The molecule has 0 fully saturated rings. The number of hydrogen-bond acceptors (Lipinski definition) is 5. The molecular weight excluding hydrogens is 258 g/mol. The van der Waals surface area contributed by atoms with Gasteiger partial charge < -0.3 is 9.84 Å². The molecule has 0 heterocycles. The highest BCUT2D eigenvalue weighted by Crippen LogP contribution is 2.14. The van der Waals surface area contributed by atoms with Crippen LogP contribution in [0.4, 0.5) is 0 Å². The monoisotopic (exact) mass is 277 g/mol. The van der Waals surface area contributed by atoms with E-state index in [1.165, 1.54) is 5.56 Å². The maximum atomic E-state index is 11.4. The summed E-state index contributed by atoms with van der Waals surface area (Å²) in [5.41, 5.74) is 1.69. The fourth-order valence-corrected chi connectivity index (χ4v) is 1.79. The van der Waals surface area contributed by atoms with Crippen LogP contribution >= 0.6 is 0 Å². The second kappa shape index (κ2) is 8.09. The third-order valence-electron chi connectivity index (χ3n) is 2.88. The topological polar surface area (TPSA) is 76.0 Å². The third-order valence-corrected chi connectivity index (χ3v) is 2.88. The Morgan fingerprint density at radius 3 is 2.60 bits per heavy atom. The number of nitroso groups, excluding NO2 is 1. The lowest BCUT2D eigenvalue weighted by Crippen LogP contribution is -2.09. The number of benzene rings is 1. The van der Waals surface area contributed by atoms with E-state index in [2.05, 4.69) is 16.8 Å². The number of carbonyl (C=O) groups excluding carboxylic acids is 1. The van der Waals surface area contributed by atoms with E-state index in [9.17, 15) is 14.8 Å². The molecule has 0 unspecified atom stereocenters. The molecule has 5 nitrogen and oxygen atoms in total. The van der Waals surface area contributed by atoms with Gasteiger partial charge in [-0.15, -0.1) is 4.91 Å². The Morgan fingerprint density at radius 2 is 2.00 bits per heavy atom. The summed E-state index contributed by atoms with van der Waals surface area (Å²) in [6, 6.07) is 7.94. The van der Waals surface area contributed by atoms with Gasteiger partial charge in [0.05, 0.1) is 6.61 Å². The highest BCUT2D eigenvalue weighted by molar-refractivity contribution is 5.88. The van der Waals surface area contributed by atoms with Gasteiger partial charge in [0.1, 0.15) is 5.76 Å². The van der Waals surface area contributed by atoms with Crippen LogP contribution in [-0.4, -0.2) is 17.7 Å². The number of aliphatic hydroxyl groups excluding tert-OH is 1. The summed E-state index contributed by atoms with van der Waals surface area (Å²) in [4.78, 5) is 22.0. The quantitative estimate of drug-likeness (QED) is 0.359. The van der Waals surface area contributed by atoms with E-state index in [4.69, 9.17) is 0 Å². The summed E-state index contributed by atoms with van der Waals surface area (Å²) in [5, 5.41) is 12.3. The summed E-state index contributed by atoms with van der Waals surface area (Å²) in [6.45, 7) is 3.81. The molecule has 108 valence electrons. The first-order valence-electron chi connectivity index (χ1n) is 6.62. The average molecular weight is 277 g/mol. The second-order valence-corrected chi connectivity index (χ2v) is 4.28. The molecule has 0 aliphatic heterocycles. The van der Waals surface area contributed by atoms with Crippen molar-refractivity contribution in [3.8, 4) is 0 Å². The van der Waals surface area contributed by atoms with Gasteiger partial charge in [-0.05, 0) is 36.1 Å². The van der Waals surface area contributed by atoms with Crippen molar-refractivity contribution in [1.82, 2.24) is 0 Å². The van der Waals surface area contributed by atoms with Gasteiger partial charge in [-0.1, -0.05) is 31.2 Å². The Morgan fingerprint density at radius 1 is 1.30 bits per heavy atom. The van der Waals surface area contributed by atoms with Gasteiger partial charge in [-0.2, -0.15) is 0 Å². The fourth-order valence-electron chi connectivity index (χ4n) is 1.79. The minimum atomic E-state index is -0.887. The largest absolute Gasteiger partial charge is 0.510 e. The number of nitrogens with zero attached hydrogens (tertiary/aromatic N) is 1. The molecule has 1 aromatic rings. The number of aryl methyl sites for hydroxylation is 2. The number of rotatable bonds is 7. The molecule has 0 saturated heterocycles. The molecule has 0 radical (unpaired) electrons. The number of aliphatic hydroxyl groups is 1. The zero-order valence-electron chi connectivity index (χ0n) is 11.8. The number of allylic oxidation sites excluding steroid dienone is 1. The minimum absolute atomic E-state index is 0.129. The van der Waals surface area contributed by atoms with Crippen LogP contribution in [0.5, 0.6) is 0 Å². The van der Waals surface area contributed by atoms with Crippen LogP contribution in [0.2, 0.25) is 0 Å². The van der Waals surface area contributed by atoms with Crippen LogP contribution in [0, 0.1) is 4.91 Å². The summed E-state index contributed by atoms with van der Waals surface area (Å²) in [5.74, 6) is -1.22. The molecule has 0 spiro atoms. The Bertz CT molecular complexity index is 508. The molecule has 1 aromatic carbocycles. The summed E-state index contributed by atoms with van der Waals surface area (Å²) < 4.78 is 4.65. The Kier molecular flexibility index (Phi) is 6.43. The van der Waals surface area contributed by atoms with Crippen molar-refractivity contribution in [2.24, 2.45) is 5.18 Å². The fraction of sp³-hybridized carbons (Fsp3) is 0.400. The molecule has 0 aliphatic rings. The molecule has 0 amide bonds. The van der Waals surface area contributed by atoms with Crippen LogP contribution in [0.15, 0.2) is 40.9 Å². The lowest BCUT2D eigenvalue weighted by molar-refractivity contribution is -0.138. The molecule has 0 bridgehead atoms. The van der Waals surface area contributed by atoms with Crippen molar-refractivity contribution in [3.05, 3.63) is 51.8 Å². The zero-order chi connectivity index (χ0) is 15.0. The Labute approximate surface area is 118 Å². The molecule has 0 atom stereocenters. The summed E-state index contributed by atoms with van der Waals surface area (Å²) >= 11 is 0. The van der Waals surface area contributed by atoms with Crippen LogP contribution in [-0.2, 0) is 22.4 Å². The highest BCUT2D eigenvalue weighted by Gasteiger charge is 2.17. The van der Waals surface area contributed by atoms with Gasteiger partial charge >= 0.3 is 5.97 Å². The van der Waals surface area contributed by atoms with E-state index in [0.29, 0.717) is 6.42 Å². The van der Waals surface area contributed by atoms with Crippen molar-refractivity contribution >= 4 is 5.97 Å². The van der Waals surface area contributed by atoms with Crippen LogP contribution in [0.25, 0.3) is 0 Å². The van der Waals surface area contributed by atoms with Crippen molar-refractivity contribution < 1.29 is 14.6 Å². The van der Waals surface area contributed by atoms with Gasteiger partial charge in [0.25, 0.3) is 0 Å². The van der Waals surface area contributed by atoms with Crippen LogP contribution in [0.3, 0.4) is 0 Å². The number of ether oxygens (including phenoxy) is 1. The standard InChI is InChI=1S/C15H19NO4/c1-3-11-6-5-7-12(10-11)8-9-13(17)14(16-19)15(18)20-4-2/h5-7,10,17H,3-4,8-9H2,1-2H3. The first kappa shape index (κ1) is 15.9. The molecule has 1 N–H and O–H groups in total. The maximum Gasteiger partial charge on any atom is 0.364 e. The maximum absolute atomic E-state index is 11.4. The molecule has 1 rings (SSSR count). The first-order valence-corrected chi connectivity index (χ1v) is 6.62. The van der Waals surface area contributed by atoms with Crippen LogP contribution < -0.4 is 0 Å². The SMILES string of the molecule is CCOC(=O)C(N=O)=C(O)CCc1cccc(CC)c1. The predicted molar refractivity (Wildman–Crippen MR) is 76.2 cm³/mol. The van der Waals surface area contributed by atoms with Gasteiger partial charge in [0.2, 0.25) is 5.70 Å². The summed E-state index contributed by atoms with van der Waals surface area (Å²) in [7, 11) is 0. The summed E-state index contributed by atoms with van der Waals surface area (Å²) in [6.07, 6.45) is 1.63. The van der Waals surface area contributed by atoms with E-state index >= 15 is 0 Å². The van der Waals surface area contributed by atoms with Gasteiger partial charge in [0.15, 0.2) is 0 Å². The number of carbonyl (C=O) groups is 1. The van der Waals surface area contributed by atoms with E-state index in [-0.39, 0.29) is 18.8 Å². The molecule has 0 saturated carbocycles. The Hall–Kier alpha value is -2.17. The highest BCUT2D eigenvalue weighted by atomic mass is 16.5. The van der Waals surface area contributed by atoms with Gasteiger partial charge in [-0.25, -0.2) is 4.79 Å². The van der Waals surface area contributed by atoms with E-state index < -0.39 is 11.7 Å². The molecular formula is C15H19NO4. The number of hydrogen-bond donors (Lipinski definition) is 1. The molecule has 5 heteroatoms. The van der Waals surface area contributed by atoms with Crippen LogP contribution in [0.1, 0.15) is 31.4 Å². The van der Waals surface area contributed by atoms with Crippen molar-refractivity contribution in [3.63, 3.8) is 0 Å². The molecule has 20 heavy (non-hydrogen) atoms. The van der Waals surface area contributed by atoms with E-state index in [0.717, 1.165) is 12.0 Å². The van der Waals surface area contributed by atoms with Gasteiger partial charge in [-0.3, -0.25) is 0 Å². The predicted octanol–water partition coefficient (Wildman–Crippen LogP) is 3.28. The van der Waals surface area contributed by atoms with Crippen molar-refractivity contribution in [2.75, 3.05) is 6.61 Å². The molecule has 0 aliphatic carbocycles. The zero-order valence-corrected chi connectivity index (χ0v) is 11.8.